The van der Waals surface area contributed by atoms with Gasteiger partial charge in [-0.1, -0.05) is 0 Å². The van der Waals surface area contributed by atoms with Gasteiger partial charge in [-0.05, 0) is 24.3 Å². The van der Waals surface area contributed by atoms with Gasteiger partial charge in [-0.3, -0.25) is 9.48 Å². The average Bonchev–Trinajstić information content (AvgIpc) is 3.35. The first-order valence-electron chi connectivity index (χ1n) is 9.31. The van der Waals surface area contributed by atoms with E-state index in [1.807, 2.05) is 47.9 Å². The van der Waals surface area contributed by atoms with Crippen molar-refractivity contribution < 1.29 is 13.2 Å². The highest BCUT2D eigenvalue weighted by molar-refractivity contribution is 7.91. The van der Waals surface area contributed by atoms with E-state index in [9.17, 15) is 13.2 Å². The Hall–Kier alpha value is -3.46. The van der Waals surface area contributed by atoms with Crippen LogP contribution in [0.3, 0.4) is 0 Å². The van der Waals surface area contributed by atoms with E-state index in [1.165, 1.54) is 0 Å². The SMILES string of the molecule is Cn1cc(-c2cc3c(ncc4c[nH]n(C)c43)n2)c2cc(C(=O)CS(C)(=O)=O)ccc21. The number of fused-ring (bicyclic) bond motifs is 4. The van der Waals surface area contributed by atoms with Gasteiger partial charge in [-0.2, -0.15) is 0 Å². The third-order valence-corrected chi connectivity index (χ3v) is 6.12. The molecule has 0 aliphatic carbocycles. The van der Waals surface area contributed by atoms with Gasteiger partial charge in [0.25, 0.3) is 0 Å². The van der Waals surface area contributed by atoms with Crippen LogP contribution in [0.2, 0.25) is 0 Å². The van der Waals surface area contributed by atoms with Crippen molar-refractivity contribution in [3.8, 4) is 11.3 Å². The number of rotatable bonds is 4. The third kappa shape index (κ3) is 2.89. The molecule has 5 aromatic rings. The molecule has 0 amide bonds. The van der Waals surface area contributed by atoms with Crippen molar-refractivity contribution in [3.63, 3.8) is 0 Å². The normalized spacial score (nSPS) is 12.4. The fourth-order valence-corrected chi connectivity index (χ4v) is 4.61. The molecule has 0 fully saturated rings. The highest BCUT2D eigenvalue weighted by Crippen LogP contribution is 2.34. The number of aromatic nitrogens is 5. The summed E-state index contributed by atoms with van der Waals surface area (Å²) >= 11 is 0. The van der Waals surface area contributed by atoms with E-state index in [0.717, 1.165) is 44.7 Å². The summed E-state index contributed by atoms with van der Waals surface area (Å²) in [5.74, 6) is -0.928. The first-order valence-corrected chi connectivity index (χ1v) is 11.4. The molecular weight excluding hydrogens is 402 g/mol. The summed E-state index contributed by atoms with van der Waals surface area (Å²) in [6, 6.07) is 7.24. The van der Waals surface area contributed by atoms with E-state index in [2.05, 4.69) is 10.1 Å². The second-order valence-electron chi connectivity index (χ2n) is 7.65. The van der Waals surface area contributed by atoms with Gasteiger partial charge in [0, 0.05) is 71.7 Å². The topological polar surface area (TPSA) is 103 Å². The zero-order valence-electron chi connectivity index (χ0n) is 16.7. The van der Waals surface area contributed by atoms with Crippen molar-refractivity contribution in [2.75, 3.05) is 12.0 Å². The number of hydrogen-bond acceptors (Lipinski definition) is 5. The number of Topliss-reactive ketones (excluding diaryl/α,β-unsaturated/α-hetero) is 1. The molecule has 0 spiro atoms. The highest BCUT2D eigenvalue weighted by atomic mass is 32.2. The van der Waals surface area contributed by atoms with E-state index in [0.29, 0.717) is 11.2 Å². The van der Waals surface area contributed by atoms with Crippen LogP contribution in [0.5, 0.6) is 0 Å². The summed E-state index contributed by atoms with van der Waals surface area (Å²) in [6.45, 7) is 0. The zero-order valence-corrected chi connectivity index (χ0v) is 17.5. The van der Waals surface area contributed by atoms with Crippen LogP contribution in [0.15, 0.2) is 42.9 Å². The van der Waals surface area contributed by atoms with Gasteiger partial charge in [0.15, 0.2) is 21.3 Å². The van der Waals surface area contributed by atoms with Crippen molar-refractivity contribution in [2.24, 2.45) is 14.1 Å². The van der Waals surface area contributed by atoms with Gasteiger partial charge in [0.1, 0.15) is 5.75 Å². The van der Waals surface area contributed by atoms with Crippen LogP contribution < -0.4 is 0 Å². The number of benzene rings is 1. The molecular formula is C21H19N5O3S. The highest BCUT2D eigenvalue weighted by Gasteiger charge is 2.18. The van der Waals surface area contributed by atoms with Gasteiger partial charge in [0.2, 0.25) is 0 Å². The Kier molecular flexibility index (Phi) is 3.88. The number of H-pyrrole nitrogens is 1. The average molecular weight is 421 g/mol. The van der Waals surface area contributed by atoms with Crippen molar-refractivity contribution >= 4 is 48.5 Å². The predicted molar refractivity (Wildman–Crippen MR) is 116 cm³/mol. The van der Waals surface area contributed by atoms with E-state index < -0.39 is 21.4 Å². The number of nitrogens with zero attached hydrogens (tertiary/aromatic N) is 4. The summed E-state index contributed by atoms with van der Waals surface area (Å²) in [6.07, 6.45) is 6.71. The molecule has 30 heavy (non-hydrogen) atoms. The second kappa shape index (κ2) is 6.27. The first kappa shape index (κ1) is 18.6. The standard InChI is InChI=1S/C21H19N5O3S/c1-25-10-16(14-6-12(4-5-18(14)25)19(27)11-30(3,28)29)17-7-15-20-13(9-23-26(20)2)8-22-21(15)24-17/h4-10,23H,11H2,1-3H3. The number of carbonyl (C=O) groups is 1. The summed E-state index contributed by atoms with van der Waals surface area (Å²) in [5.41, 5.74) is 4.58. The second-order valence-corrected chi connectivity index (χ2v) is 9.79. The Labute approximate surface area is 172 Å². The van der Waals surface area contributed by atoms with Crippen molar-refractivity contribution in [1.29, 1.82) is 0 Å². The first-order chi connectivity index (χ1) is 14.2. The molecule has 0 bridgehead atoms. The van der Waals surface area contributed by atoms with E-state index >= 15 is 0 Å². The largest absolute Gasteiger partial charge is 0.350 e. The van der Waals surface area contributed by atoms with Crippen LogP contribution in [-0.2, 0) is 23.9 Å². The van der Waals surface area contributed by atoms with Crippen molar-refractivity contribution in [1.82, 2.24) is 24.3 Å². The molecule has 0 aliphatic rings. The fourth-order valence-electron chi connectivity index (χ4n) is 3.97. The van der Waals surface area contributed by atoms with E-state index in [1.54, 1.807) is 18.3 Å². The third-order valence-electron chi connectivity index (χ3n) is 5.33. The molecule has 9 heteroatoms. The van der Waals surface area contributed by atoms with Gasteiger partial charge in [-0.25, -0.2) is 18.4 Å². The Morgan fingerprint density at radius 2 is 1.97 bits per heavy atom. The summed E-state index contributed by atoms with van der Waals surface area (Å²) in [7, 11) is 0.463. The molecule has 0 saturated carbocycles. The zero-order chi connectivity index (χ0) is 21.2. The minimum atomic E-state index is -3.40. The van der Waals surface area contributed by atoms with E-state index in [-0.39, 0.29) is 0 Å². The lowest BCUT2D eigenvalue weighted by Crippen LogP contribution is -2.14. The van der Waals surface area contributed by atoms with Crippen LogP contribution in [0.4, 0.5) is 0 Å². The number of aromatic amines is 1. The lowest BCUT2D eigenvalue weighted by Gasteiger charge is -2.02. The number of nitrogens with one attached hydrogen (secondary N) is 1. The molecule has 8 nitrogen and oxygen atoms in total. The molecule has 4 aromatic heterocycles. The number of ketones is 1. The molecule has 152 valence electrons. The smallest absolute Gasteiger partial charge is 0.177 e. The Bertz CT molecular complexity index is 1590. The lowest BCUT2D eigenvalue weighted by molar-refractivity contribution is 0.102. The lowest BCUT2D eigenvalue weighted by atomic mass is 10.1. The molecule has 1 N–H and O–H groups in total. The van der Waals surface area contributed by atoms with Crippen LogP contribution in [0.25, 0.3) is 44.1 Å². The molecule has 0 saturated heterocycles. The van der Waals surface area contributed by atoms with Gasteiger partial charge < -0.3 is 9.67 Å². The fraction of sp³-hybridized carbons (Fsp3) is 0.190. The maximum Gasteiger partial charge on any atom is 0.177 e. The van der Waals surface area contributed by atoms with E-state index in [4.69, 9.17) is 4.98 Å². The van der Waals surface area contributed by atoms with Crippen molar-refractivity contribution in [2.45, 2.75) is 0 Å². The molecule has 0 atom stereocenters. The molecule has 0 aliphatic heterocycles. The maximum atomic E-state index is 12.4. The summed E-state index contributed by atoms with van der Waals surface area (Å²) in [4.78, 5) is 21.6. The minimum Gasteiger partial charge on any atom is -0.350 e. The number of sulfone groups is 1. The molecule has 4 heterocycles. The number of hydrogen-bond donors (Lipinski definition) is 1. The van der Waals surface area contributed by atoms with Gasteiger partial charge in [-0.15, -0.1) is 0 Å². The predicted octanol–water partition coefficient (Wildman–Crippen LogP) is 2.84. The van der Waals surface area contributed by atoms with Crippen molar-refractivity contribution in [3.05, 3.63) is 48.4 Å². The Balaban J connectivity index is 1.70. The molecule has 1 aromatic carbocycles. The summed E-state index contributed by atoms with van der Waals surface area (Å²) < 4.78 is 27.0. The summed E-state index contributed by atoms with van der Waals surface area (Å²) in [5, 5.41) is 5.92. The van der Waals surface area contributed by atoms with Gasteiger partial charge in [0.05, 0.1) is 11.2 Å². The number of carbonyl (C=O) groups excluding carboxylic acids is 1. The molecule has 5 rings (SSSR count). The quantitative estimate of drug-likeness (QED) is 0.450. The number of aryl methyl sites for hydroxylation is 2. The van der Waals surface area contributed by atoms with Gasteiger partial charge >= 0.3 is 0 Å². The Morgan fingerprint density at radius 3 is 2.73 bits per heavy atom. The number of pyridine rings is 1. The maximum absolute atomic E-state index is 12.4. The molecule has 0 radical (unpaired) electrons. The van der Waals surface area contributed by atoms with Crippen LogP contribution in [0.1, 0.15) is 10.4 Å². The Morgan fingerprint density at radius 1 is 1.17 bits per heavy atom. The molecule has 0 unspecified atom stereocenters. The monoisotopic (exact) mass is 421 g/mol. The minimum absolute atomic E-state index is 0.369. The van der Waals surface area contributed by atoms with Crippen LogP contribution in [-0.4, -0.2) is 50.5 Å². The van der Waals surface area contributed by atoms with Crippen LogP contribution in [0, 0.1) is 0 Å². The van der Waals surface area contributed by atoms with Crippen LogP contribution >= 0.6 is 0 Å².